The number of methoxy groups -OCH3 is 1. The predicted molar refractivity (Wildman–Crippen MR) is 112 cm³/mol. The molecule has 0 aromatic carbocycles. The van der Waals surface area contributed by atoms with E-state index in [0.717, 1.165) is 31.2 Å². The van der Waals surface area contributed by atoms with Crippen molar-refractivity contribution in [3.63, 3.8) is 0 Å². The van der Waals surface area contributed by atoms with Gasteiger partial charge in [0.2, 0.25) is 0 Å². The van der Waals surface area contributed by atoms with Gasteiger partial charge in [-0.15, -0.1) is 0 Å². The van der Waals surface area contributed by atoms with Gasteiger partial charge >= 0.3 is 5.97 Å². The first-order chi connectivity index (χ1) is 13.2. The van der Waals surface area contributed by atoms with Crippen molar-refractivity contribution in [3.8, 4) is 0 Å². The lowest BCUT2D eigenvalue weighted by atomic mass is 9.93. The Labute approximate surface area is 167 Å². The summed E-state index contributed by atoms with van der Waals surface area (Å²) in [7, 11) is 1.47. The number of likely N-dealkylation sites (tertiary alicyclic amines) is 2. The van der Waals surface area contributed by atoms with E-state index in [-0.39, 0.29) is 5.97 Å². The highest BCUT2D eigenvalue weighted by molar-refractivity contribution is 5.68. The molecule has 0 amide bonds. The highest BCUT2D eigenvalue weighted by Crippen LogP contribution is 2.22. The first kappa shape index (κ1) is 22.6. The molecule has 2 aliphatic heterocycles. The number of carbonyl (C=O) groups is 1. The zero-order chi connectivity index (χ0) is 19.3. The summed E-state index contributed by atoms with van der Waals surface area (Å²) in [6.45, 7) is 8.59. The van der Waals surface area contributed by atoms with Crippen LogP contribution in [0.15, 0.2) is 0 Å². The maximum atomic E-state index is 11.0. The van der Waals surface area contributed by atoms with Crippen LogP contribution < -0.4 is 5.73 Å². The molecule has 0 radical (unpaired) electrons. The van der Waals surface area contributed by atoms with Gasteiger partial charge in [-0.3, -0.25) is 4.79 Å². The number of nitrogens with zero attached hydrogens (tertiary/aromatic N) is 2. The average molecular weight is 382 g/mol. The minimum absolute atomic E-state index is 0.0709. The fourth-order valence-electron chi connectivity index (χ4n) is 4.58. The van der Waals surface area contributed by atoms with Crippen molar-refractivity contribution in [3.05, 3.63) is 0 Å². The molecule has 0 bridgehead atoms. The van der Waals surface area contributed by atoms with Crippen LogP contribution in [-0.4, -0.2) is 68.7 Å². The largest absolute Gasteiger partial charge is 0.469 e. The summed E-state index contributed by atoms with van der Waals surface area (Å²) >= 11 is 0. The summed E-state index contributed by atoms with van der Waals surface area (Å²) in [5, 5.41) is 0. The molecular weight excluding hydrogens is 338 g/mol. The Morgan fingerprint density at radius 2 is 1.41 bits per heavy atom. The zero-order valence-corrected chi connectivity index (χ0v) is 17.7. The maximum absolute atomic E-state index is 11.0. The summed E-state index contributed by atoms with van der Waals surface area (Å²) < 4.78 is 4.67. The Bertz CT molecular complexity index is 389. The van der Waals surface area contributed by atoms with E-state index in [9.17, 15) is 4.79 Å². The number of hydrogen-bond donors (Lipinski definition) is 1. The van der Waals surface area contributed by atoms with Crippen LogP contribution in [0.5, 0.6) is 0 Å². The average Bonchev–Trinajstić information content (AvgIpc) is 2.71. The first-order valence-electron chi connectivity index (χ1n) is 11.4. The Kier molecular flexibility index (Phi) is 11.3. The van der Waals surface area contributed by atoms with Gasteiger partial charge in [-0.05, 0) is 89.6 Å². The van der Waals surface area contributed by atoms with Crippen molar-refractivity contribution in [1.82, 2.24) is 9.80 Å². The van der Waals surface area contributed by atoms with Crippen LogP contribution in [0.4, 0.5) is 0 Å². The molecule has 2 N–H and O–H groups in total. The van der Waals surface area contributed by atoms with Gasteiger partial charge in [0.15, 0.2) is 0 Å². The third-order valence-electron chi connectivity index (χ3n) is 6.60. The molecule has 27 heavy (non-hydrogen) atoms. The molecule has 0 aromatic heterocycles. The van der Waals surface area contributed by atoms with E-state index in [0.29, 0.717) is 6.42 Å². The molecule has 2 heterocycles. The van der Waals surface area contributed by atoms with Gasteiger partial charge < -0.3 is 20.3 Å². The minimum atomic E-state index is -0.0709. The predicted octanol–water partition coefficient (Wildman–Crippen LogP) is 3.27. The standard InChI is InChI=1S/C22H43N3O2/c1-27-22(26)8-6-4-2-3-5-7-13-24-14-11-21(12-15-24)19-25-16-9-20(18-23)10-17-25/h20-21H,2-19,23H2,1H3. The van der Waals surface area contributed by atoms with E-state index in [1.54, 1.807) is 0 Å². The molecule has 0 aromatic rings. The van der Waals surface area contributed by atoms with Crippen molar-refractivity contribution in [2.24, 2.45) is 17.6 Å². The number of ether oxygens (including phenoxy) is 1. The lowest BCUT2D eigenvalue weighted by Crippen LogP contribution is -2.42. The lowest BCUT2D eigenvalue weighted by molar-refractivity contribution is -0.140. The monoisotopic (exact) mass is 381 g/mol. The van der Waals surface area contributed by atoms with E-state index in [1.165, 1.54) is 97.7 Å². The van der Waals surface area contributed by atoms with Gasteiger partial charge in [-0.2, -0.15) is 0 Å². The minimum Gasteiger partial charge on any atom is -0.469 e. The number of esters is 1. The maximum Gasteiger partial charge on any atom is 0.305 e. The van der Waals surface area contributed by atoms with Crippen LogP contribution in [0, 0.1) is 11.8 Å². The summed E-state index contributed by atoms with van der Waals surface area (Å²) in [5.74, 6) is 1.61. The quantitative estimate of drug-likeness (QED) is 0.415. The summed E-state index contributed by atoms with van der Waals surface area (Å²) in [6, 6.07) is 0. The smallest absolute Gasteiger partial charge is 0.305 e. The number of nitrogens with two attached hydrogens (primary N) is 1. The fraction of sp³-hybridized carbons (Fsp3) is 0.955. The molecule has 2 saturated heterocycles. The van der Waals surface area contributed by atoms with Crippen molar-refractivity contribution in [2.75, 3.05) is 52.9 Å². The third kappa shape index (κ3) is 9.40. The van der Waals surface area contributed by atoms with E-state index in [2.05, 4.69) is 14.5 Å². The van der Waals surface area contributed by atoms with E-state index in [4.69, 9.17) is 5.73 Å². The van der Waals surface area contributed by atoms with Gasteiger partial charge in [-0.25, -0.2) is 0 Å². The SMILES string of the molecule is COC(=O)CCCCCCCCN1CCC(CN2CCC(CN)CC2)CC1. The molecule has 0 aliphatic carbocycles. The second-order valence-electron chi connectivity index (χ2n) is 8.71. The number of rotatable bonds is 12. The topological polar surface area (TPSA) is 58.8 Å². The fourth-order valence-corrected chi connectivity index (χ4v) is 4.58. The second kappa shape index (κ2) is 13.5. The van der Waals surface area contributed by atoms with Crippen LogP contribution in [0.1, 0.15) is 70.6 Å². The van der Waals surface area contributed by atoms with Gasteiger partial charge in [0.25, 0.3) is 0 Å². The van der Waals surface area contributed by atoms with Gasteiger partial charge in [0, 0.05) is 13.0 Å². The molecule has 0 spiro atoms. The lowest BCUT2D eigenvalue weighted by Gasteiger charge is -2.37. The van der Waals surface area contributed by atoms with Crippen LogP contribution in [0.3, 0.4) is 0 Å². The van der Waals surface area contributed by atoms with Crippen LogP contribution in [0.25, 0.3) is 0 Å². The summed E-state index contributed by atoms with van der Waals surface area (Å²) in [4.78, 5) is 16.4. The number of carbonyl (C=O) groups excluding carboxylic acids is 1. The Hall–Kier alpha value is -0.650. The van der Waals surface area contributed by atoms with Gasteiger partial charge in [0.05, 0.1) is 7.11 Å². The molecule has 5 heteroatoms. The second-order valence-corrected chi connectivity index (χ2v) is 8.71. The van der Waals surface area contributed by atoms with E-state index >= 15 is 0 Å². The van der Waals surface area contributed by atoms with Crippen molar-refractivity contribution >= 4 is 5.97 Å². The number of unbranched alkanes of at least 4 members (excludes halogenated alkanes) is 5. The number of piperidine rings is 2. The molecule has 0 saturated carbocycles. The normalized spacial score (nSPS) is 20.8. The molecule has 2 aliphatic rings. The summed E-state index contributed by atoms with van der Waals surface area (Å²) in [6.07, 6.45) is 13.3. The van der Waals surface area contributed by atoms with E-state index < -0.39 is 0 Å². The van der Waals surface area contributed by atoms with Crippen LogP contribution in [0.2, 0.25) is 0 Å². The molecule has 2 fully saturated rings. The zero-order valence-electron chi connectivity index (χ0n) is 17.7. The molecule has 5 nitrogen and oxygen atoms in total. The highest BCUT2D eigenvalue weighted by Gasteiger charge is 2.24. The Morgan fingerprint density at radius 3 is 2.04 bits per heavy atom. The van der Waals surface area contributed by atoms with Crippen molar-refractivity contribution in [1.29, 1.82) is 0 Å². The molecule has 0 unspecified atom stereocenters. The van der Waals surface area contributed by atoms with Crippen LogP contribution in [-0.2, 0) is 9.53 Å². The van der Waals surface area contributed by atoms with E-state index in [1.807, 2.05) is 0 Å². The first-order valence-corrected chi connectivity index (χ1v) is 11.4. The van der Waals surface area contributed by atoms with Crippen molar-refractivity contribution in [2.45, 2.75) is 70.6 Å². The van der Waals surface area contributed by atoms with Crippen LogP contribution >= 0.6 is 0 Å². The molecule has 0 atom stereocenters. The number of hydrogen-bond acceptors (Lipinski definition) is 5. The van der Waals surface area contributed by atoms with Crippen molar-refractivity contribution < 1.29 is 9.53 Å². The summed E-state index contributed by atoms with van der Waals surface area (Å²) in [5.41, 5.74) is 5.80. The third-order valence-corrected chi connectivity index (χ3v) is 6.60. The highest BCUT2D eigenvalue weighted by atomic mass is 16.5. The molecule has 2 rings (SSSR count). The Balaban J connectivity index is 1.42. The molecule has 158 valence electrons. The van der Waals surface area contributed by atoms with Gasteiger partial charge in [0.1, 0.15) is 0 Å². The molecular formula is C22H43N3O2. The van der Waals surface area contributed by atoms with Gasteiger partial charge in [-0.1, -0.05) is 25.7 Å². The Morgan fingerprint density at radius 1 is 0.852 bits per heavy atom.